The minimum atomic E-state index is -0.213. The number of amides is 1. The van der Waals surface area contributed by atoms with Crippen LogP contribution in [0.25, 0.3) is 0 Å². The highest BCUT2D eigenvalue weighted by Gasteiger charge is 2.14. The Balaban J connectivity index is 2.03. The van der Waals surface area contributed by atoms with Crippen LogP contribution in [0, 0.1) is 13.8 Å². The van der Waals surface area contributed by atoms with Crippen LogP contribution in [0.1, 0.15) is 53.6 Å². The zero-order valence-electron chi connectivity index (χ0n) is 16.6. The van der Waals surface area contributed by atoms with Crippen molar-refractivity contribution in [2.45, 2.75) is 46.6 Å². The molecule has 0 spiro atoms. The highest BCUT2D eigenvalue weighted by atomic mass is 16.5. The SMILES string of the molecule is COCCn1c(C)cc(C=NNC(=O)c2ccc(C(C)(C)C)cc2)c1C. The molecule has 0 radical (unpaired) electrons. The average Bonchev–Trinajstić information content (AvgIpc) is 2.86. The standard InChI is InChI=1S/C21H29N3O2/c1-15-13-18(16(2)24(15)11-12-26-6)14-22-23-20(25)17-7-9-19(10-8-17)21(3,4)5/h7-10,13-14H,11-12H2,1-6H3,(H,23,25). The first kappa shape index (κ1) is 19.9. The molecule has 5 heteroatoms. The van der Waals surface area contributed by atoms with Gasteiger partial charge < -0.3 is 9.30 Å². The minimum absolute atomic E-state index is 0.0680. The van der Waals surface area contributed by atoms with Crippen molar-refractivity contribution in [3.05, 3.63) is 58.4 Å². The fourth-order valence-electron chi connectivity index (χ4n) is 2.83. The van der Waals surface area contributed by atoms with E-state index in [2.05, 4.69) is 48.9 Å². The number of hydrogen-bond acceptors (Lipinski definition) is 3. The lowest BCUT2D eigenvalue weighted by molar-refractivity contribution is 0.0955. The molecule has 1 N–H and O–H groups in total. The average molecular weight is 355 g/mol. The van der Waals surface area contributed by atoms with Gasteiger partial charge in [0.2, 0.25) is 0 Å². The molecule has 1 aromatic heterocycles. The van der Waals surface area contributed by atoms with E-state index in [0.29, 0.717) is 12.2 Å². The number of nitrogens with one attached hydrogen (secondary N) is 1. The summed E-state index contributed by atoms with van der Waals surface area (Å²) in [6.07, 6.45) is 1.69. The smallest absolute Gasteiger partial charge is 0.271 e. The van der Waals surface area contributed by atoms with E-state index in [-0.39, 0.29) is 11.3 Å². The summed E-state index contributed by atoms with van der Waals surface area (Å²) < 4.78 is 7.32. The van der Waals surface area contributed by atoms with E-state index in [0.717, 1.165) is 23.5 Å². The predicted octanol–water partition coefficient (Wildman–Crippen LogP) is 3.81. The summed E-state index contributed by atoms with van der Waals surface area (Å²) in [6, 6.07) is 9.70. The third kappa shape index (κ3) is 4.82. The Kier molecular flexibility index (Phi) is 6.37. The molecule has 2 aromatic rings. The van der Waals surface area contributed by atoms with Crippen molar-refractivity contribution in [3.63, 3.8) is 0 Å². The van der Waals surface area contributed by atoms with Gasteiger partial charge in [0.15, 0.2) is 0 Å². The molecule has 0 atom stereocenters. The van der Waals surface area contributed by atoms with Crippen LogP contribution in [0.3, 0.4) is 0 Å². The summed E-state index contributed by atoms with van der Waals surface area (Å²) in [4.78, 5) is 12.2. The molecule has 5 nitrogen and oxygen atoms in total. The molecule has 140 valence electrons. The van der Waals surface area contributed by atoms with Crippen molar-refractivity contribution in [2.24, 2.45) is 5.10 Å². The third-order valence-corrected chi connectivity index (χ3v) is 4.51. The number of hydrogen-bond donors (Lipinski definition) is 1. The summed E-state index contributed by atoms with van der Waals surface area (Å²) in [6.45, 7) is 12.0. The van der Waals surface area contributed by atoms with Crippen molar-refractivity contribution >= 4 is 12.1 Å². The van der Waals surface area contributed by atoms with Gasteiger partial charge in [-0.2, -0.15) is 5.10 Å². The highest BCUT2D eigenvalue weighted by molar-refractivity contribution is 5.95. The molecule has 1 heterocycles. The van der Waals surface area contributed by atoms with Crippen molar-refractivity contribution in [2.75, 3.05) is 13.7 Å². The lowest BCUT2D eigenvalue weighted by Gasteiger charge is -2.18. The van der Waals surface area contributed by atoms with Gasteiger partial charge in [0.1, 0.15) is 0 Å². The van der Waals surface area contributed by atoms with Crippen molar-refractivity contribution < 1.29 is 9.53 Å². The van der Waals surface area contributed by atoms with Gasteiger partial charge in [0.05, 0.1) is 12.8 Å². The molecular weight excluding hydrogens is 326 g/mol. The Morgan fingerprint density at radius 1 is 1.23 bits per heavy atom. The summed E-state index contributed by atoms with van der Waals surface area (Å²) in [5.41, 5.74) is 7.70. The number of carbonyl (C=O) groups excluding carboxylic acids is 1. The number of methoxy groups -OCH3 is 1. The van der Waals surface area contributed by atoms with Crippen LogP contribution >= 0.6 is 0 Å². The van der Waals surface area contributed by atoms with Gasteiger partial charge >= 0.3 is 0 Å². The van der Waals surface area contributed by atoms with E-state index in [4.69, 9.17) is 4.74 Å². The van der Waals surface area contributed by atoms with Crippen LogP contribution in [0.2, 0.25) is 0 Å². The molecule has 0 saturated heterocycles. The Morgan fingerprint density at radius 2 is 1.88 bits per heavy atom. The number of aromatic nitrogens is 1. The largest absolute Gasteiger partial charge is 0.383 e. The summed E-state index contributed by atoms with van der Waals surface area (Å²) in [5, 5.41) is 4.12. The Labute approximate surface area is 156 Å². The third-order valence-electron chi connectivity index (χ3n) is 4.51. The van der Waals surface area contributed by atoms with Gasteiger partial charge in [-0.3, -0.25) is 4.79 Å². The molecule has 0 unspecified atom stereocenters. The van der Waals surface area contributed by atoms with Gasteiger partial charge in [-0.1, -0.05) is 32.9 Å². The van der Waals surface area contributed by atoms with E-state index in [1.165, 1.54) is 5.56 Å². The molecule has 26 heavy (non-hydrogen) atoms. The predicted molar refractivity (Wildman–Crippen MR) is 106 cm³/mol. The van der Waals surface area contributed by atoms with Crippen LogP contribution < -0.4 is 5.43 Å². The second-order valence-electron chi connectivity index (χ2n) is 7.50. The van der Waals surface area contributed by atoms with Gasteiger partial charge in [-0.25, -0.2) is 5.43 Å². The summed E-state index contributed by atoms with van der Waals surface area (Å²) in [7, 11) is 1.69. The van der Waals surface area contributed by atoms with Crippen LogP contribution in [-0.2, 0) is 16.7 Å². The Morgan fingerprint density at radius 3 is 2.46 bits per heavy atom. The van der Waals surface area contributed by atoms with Crippen LogP contribution in [-0.4, -0.2) is 30.4 Å². The van der Waals surface area contributed by atoms with E-state index < -0.39 is 0 Å². The number of carbonyl (C=O) groups is 1. The molecular formula is C21H29N3O2. The maximum absolute atomic E-state index is 12.2. The van der Waals surface area contributed by atoms with E-state index in [1.54, 1.807) is 13.3 Å². The maximum atomic E-state index is 12.2. The molecule has 0 fully saturated rings. The molecule has 1 aromatic carbocycles. The minimum Gasteiger partial charge on any atom is -0.383 e. The summed E-state index contributed by atoms with van der Waals surface area (Å²) in [5.74, 6) is -0.213. The normalized spacial score (nSPS) is 11.9. The van der Waals surface area contributed by atoms with E-state index >= 15 is 0 Å². The van der Waals surface area contributed by atoms with Crippen molar-refractivity contribution in [1.29, 1.82) is 0 Å². The van der Waals surface area contributed by atoms with Crippen LogP contribution in [0.15, 0.2) is 35.4 Å². The topological polar surface area (TPSA) is 55.6 Å². The summed E-state index contributed by atoms with van der Waals surface area (Å²) >= 11 is 0. The fourth-order valence-corrected chi connectivity index (χ4v) is 2.83. The fraction of sp³-hybridized carbons (Fsp3) is 0.429. The van der Waals surface area contributed by atoms with Crippen molar-refractivity contribution in [3.8, 4) is 0 Å². The molecule has 2 rings (SSSR count). The van der Waals surface area contributed by atoms with Crippen LogP contribution in [0.4, 0.5) is 0 Å². The van der Waals surface area contributed by atoms with Gasteiger partial charge in [-0.05, 0) is 43.0 Å². The zero-order chi connectivity index (χ0) is 19.3. The Bertz CT molecular complexity index is 781. The number of aryl methyl sites for hydroxylation is 1. The van der Waals surface area contributed by atoms with Gasteiger partial charge in [0.25, 0.3) is 5.91 Å². The molecule has 0 aliphatic rings. The first-order valence-corrected chi connectivity index (χ1v) is 8.83. The first-order chi connectivity index (χ1) is 12.2. The monoisotopic (exact) mass is 355 g/mol. The van der Waals surface area contributed by atoms with Crippen LogP contribution in [0.5, 0.6) is 0 Å². The molecule has 0 aliphatic heterocycles. The zero-order valence-corrected chi connectivity index (χ0v) is 16.6. The van der Waals surface area contributed by atoms with Gasteiger partial charge in [-0.15, -0.1) is 0 Å². The Hall–Kier alpha value is -2.40. The quantitative estimate of drug-likeness (QED) is 0.633. The number of nitrogens with zero attached hydrogens (tertiary/aromatic N) is 2. The first-order valence-electron chi connectivity index (χ1n) is 8.83. The van der Waals surface area contributed by atoms with Crippen molar-refractivity contribution in [1.82, 2.24) is 9.99 Å². The van der Waals surface area contributed by atoms with E-state index in [1.807, 2.05) is 31.2 Å². The second-order valence-corrected chi connectivity index (χ2v) is 7.50. The molecule has 0 aliphatic carbocycles. The van der Waals surface area contributed by atoms with Gasteiger partial charge in [0, 0.05) is 36.2 Å². The lowest BCUT2D eigenvalue weighted by atomic mass is 9.87. The number of hydrazone groups is 1. The molecule has 0 bridgehead atoms. The number of ether oxygens (including phenoxy) is 1. The van der Waals surface area contributed by atoms with E-state index in [9.17, 15) is 4.79 Å². The highest BCUT2D eigenvalue weighted by Crippen LogP contribution is 2.22. The number of benzene rings is 1. The second kappa shape index (κ2) is 8.32. The lowest BCUT2D eigenvalue weighted by Crippen LogP contribution is -2.18. The molecule has 0 saturated carbocycles. The molecule has 1 amide bonds. The maximum Gasteiger partial charge on any atom is 0.271 e. The number of rotatable bonds is 6.